The average molecular weight is 246 g/mol. The van der Waals surface area contributed by atoms with Crippen LogP contribution in [0, 0.1) is 5.92 Å². The maximum Gasteiger partial charge on any atom is 0.393 e. The molecule has 4 nitrogen and oxygen atoms in total. The molecule has 1 fully saturated rings. The molecule has 1 aliphatic carbocycles. The van der Waals surface area contributed by atoms with Gasteiger partial charge in [0, 0.05) is 5.92 Å². The summed E-state index contributed by atoms with van der Waals surface area (Å²) in [5.41, 5.74) is 5.74. The summed E-state index contributed by atoms with van der Waals surface area (Å²) in [5.74, 6) is 0.106. The first kappa shape index (κ1) is 11.0. The van der Waals surface area contributed by atoms with Gasteiger partial charge in [-0.25, -0.2) is 9.67 Å². The number of rotatable bonds is 1. The van der Waals surface area contributed by atoms with Gasteiger partial charge in [-0.15, -0.1) is 0 Å². The lowest BCUT2D eigenvalue weighted by molar-refractivity contribution is -0.184. The molecule has 0 bridgehead atoms. The highest BCUT2D eigenvalue weighted by Gasteiger charge is 2.45. The first-order valence-electron chi connectivity index (χ1n) is 5.72. The molecule has 1 aromatic heterocycles. The van der Waals surface area contributed by atoms with Crippen LogP contribution in [0.1, 0.15) is 42.9 Å². The quantitative estimate of drug-likeness (QED) is 0.821. The third-order valence-electron chi connectivity index (χ3n) is 3.39. The summed E-state index contributed by atoms with van der Waals surface area (Å²) in [7, 11) is 0. The largest absolute Gasteiger partial charge is 0.393 e. The van der Waals surface area contributed by atoms with Crippen molar-refractivity contribution in [1.29, 1.82) is 0 Å². The van der Waals surface area contributed by atoms with E-state index in [1.165, 1.54) is 4.68 Å². The molecule has 2 heterocycles. The van der Waals surface area contributed by atoms with Crippen molar-refractivity contribution >= 4 is 0 Å². The Bertz CT molecular complexity index is 435. The molecule has 1 saturated carbocycles. The van der Waals surface area contributed by atoms with Crippen LogP contribution in [0.3, 0.4) is 0 Å². The Balaban J connectivity index is 1.89. The Morgan fingerprint density at radius 3 is 2.59 bits per heavy atom. The van der Waals surface area contributed by atoms with Gasteiger partial charge < -0.3 is 5.73 Å². The molecule has 0 spiro atoms. The summed E-state index contributed by atoms with van der Waals surface area (Å²) in [4.78, 5) is 4.27. The van der Waals surface area contributed by atoms with Crippen LogP contribution in [0.4, 0.5) is 13.2 Å². The number of aromatic nitrogens is 3. The highest BCUT2D eigenvalue weighted by Crippen LogP contribution is 2.41. The summed E-state index contributed by atoms with van der Waals surface area (Å²) < 4.78 is 39.4. The molecule has 1 aliphatic heterocycles. The fourth-order valence-electron chi connectivity index (χ4n) is 2.23. The van der Waals surface area contributed by atoms with E-state index in [1.54, 1.807) is 0 Å². The van der Waals surface area contributed by atoms with Gasteiger partial charge >= 0.3 is 6.18 Å². The molecule has 0 saturated heterocycles. The highest BCUT2D eigenvalue weighted by molar-refractivity contribution is 5.10. The molecule has 17 heavy (non-hydrogen) atoms. The van der Waals surface area contributed by atoms with Crippen LogP contribution in [0.2, 0.25) is 0 Å². The minimum atomic E-state index is -4.21. The highest BCUT2D eigenvalue weighted by atomic mass is 19.4. The predicted molar refractivity (Wildman–Crippen MR) is 53.1 cm³/mol. The van der Waals surface area contributed by atoms with E-state index in [2.05, 4.69) is 10.1 Å². The smallest absolute Gasteiger partial charge is 0.321 e. The molecule has 2 N–H and O–H groups in total. The van der Waals surface area contributed by atoms with Gasteiger partial charge in [0.1, 0.15) is 5.82 Å². The summed E-state index contributed by atoms with van der Waals surface area (Å²) in [6.07, 6.45) is -2.24. The Morgan fingerprint density at radius 1 is 1.29 bits per heavy atom. The zero-order valence-corrected chi connectivity index (χ0v) is 9.11. The molecule has 2 atom stereocenters. The Morgan fingerprint density at radius 2 is 2.00 bits per heavy atom. The number of nitrogens with two attached hydrogens (primary N) is 1. The zero-order chi connectivity index (χ0) is 12.2. The molecule has 1 aromatic rings. The number of fused-ring (bicyclic) bond motifs is 1. The molecule has 7 heteroatoms. The van der Waals surface area contributed by atoms with Gasteiger partial charge in [-0.3, -0.25) is 0 Å². The Kier molecular flexibility index (Phi) is 2.23. The topological polar surface area (TPSA) is 56.7 Å². The monoisotopic (exact) mass is 246 g/mol. The van der Waals surface area contributed by atoms with E-state index in [0.29, 0.717) is 17.6 Å². The number of hydrogen-bond donors (Lipinski definition) is 1. The van der Waals surface area contributed by atoms with E-state index in [9.17, 15) is 13.2 Å². The van der Waals surface area contributed by atoms with Crippen LogP contribution in [0.15, 0.2) is 0 Å². The first-order chi connectivity index (χ1) is 7.95. The lowest BCUT2D eigenvalue weighted by Gasteiger charge is -2.28. The van der Waals surface area contributed by atoms with Gasteiger partial charge in [0.05, 0.1) is 18.5 Å². The van der Waals surface area contributed by atoms with Crippen molar-refractivity contribution in [2.75, 3.05) is 0 Å². The van der Waals surface area contributed by atoms with Crippen molar-refractivity contribution < 1.29 is 13.2 Å². The van der Waals surface area contributed by atoms with E-state index in [4.69, 9.17) is 5.73 Å². The Labute approximate surface area is 96.0 Å². The standard InChI is InChI=1S/C10H13F3N4/c11-10(12,13)6-3-7(14)9-15-8(5-1-2-5)16-17(9)4-6/h5-7H,1-4,14H2. The molecule has 0 radical (unpaired) electrons. The summed E-state index contributed by atoms with van der Waals surface area (Å²) in [6, 6.07) is -0.657. The van der Waals surface area contributed by atoms with Gasteiger partial charge in [-0.05, 0) is 19.3 Å². The molecular formula is C10H13F3N4. The number of nitrogens with zero attached hydrogens (tertiary/aromatic N) is 3. The maximum atomic E-state index is 12.7. The first-order valence-corrected chi connectivity index (χ1v) is 5.72. The van der Waals surface area contributed by atoms with Crippen molar-refractivity contribution in [3.63, 3.8) is 0 Å². The van der Waals surface area contributed by atoms with Crippen molar-refractivity contribution in [2.45, 2.75) is 43.9 Å². The molecule has 0 aromatic carbocycles. The molecule has 2 aliphatic rings. The second-order valence-corrected chi connectivity index (χ2v) is 4.87. The van der Waals surface area contributed by atoms with E-state index in [1.807, 2.05) is 0 Å². The van der Waals surface area contributed by atoms with Gasteiger partial charge in [0.2, 0.25) is 0 Å². The SMILES string of the molecule is NC1CC(C(F)(F)F)Cn2nc(C3CC3)nc21. The van der Waals surface area contributed by atoms with Crippen LogP contribution < -0.4 is 5.73 Å². The lowest BCUT2D eigenvalue weighted by Crippen LogP contribution is -2.37. The van der Waals surface area contributed by atoms with Gasteiger partial charge in [0.25, 0.3) is 0 Å². The van der Waals surface area contributed by atoms with E-state index in [-0.39, 0.29) is 13.0 Å². The number of halogens is 3. The predicted octanol–water partition coefficient (Wildman–Crippen LogP) is 1.74. The fourth-order valence-corrected chi connectivity index (χ4v) is 2.23. The van der Waals surface area contributed by atoms with Crippen molar-refractivity contribution in [2.24, 2.45) is 11.7 Å². The summed E-state index contributed by atoms with van der Waals surface area (Å²) in [6.45, 7) is -0.147. The van der Waals surface area contributed by atoms with E-state index >= 15 is 0 Å². The van der Waals surface area contributed by atoms with Crippen LogP contribution in [0.25, 0.3) is 0 Å². The second kappa shape index (κ2) is 3.44. The molecule has 0 amide bonds. The lowest BCUT2D eigenvalue weighted by atomic mass is 9.96. The Hall–Kier alpha value is -1.11. The van der Waals surface area contributed by atoms with Crippen LogP contribution in [-0.2, 0) is 6.54 Å². The maximum absolute atomic E-state index is 12.7. The van der Waals surface area contributed by atoms with Crippen molar-refractivity contribution in [1.82, 2.24) is 14.8 Å². The molecule has 3 rings (SSSR count). The molecule has 2 unspecified atom stereocenters. The third-order valence-corrected chi connectivity index (χ3v) is 3.39. The number of hydrogen-bond acceptors (Lipinski definition) is 3. The molecule has 94 valence electrons. The summed E-state index contributed by atoms with van der Waals surface area (Å²) in [5, 5.41) is 4.15. The fraction of sp³-hybridized carbons (Fsp3) is 0.800. The van der Waals surface area contributed by atoms with Gasteiger partial charge in [-0.1, -0.05) is 0 Å². The summed E-state index contributed by atoms with van der Waals surface area (Å²) >= 11 is 0. The van der Waals surface area contributed by atoms with E-state index < -0.39 is 18.1 Å². The molecular weight excluding hydrogens is 233 g/mol. The average Bonchev–Trinajstić information content (AvgIpc) is 2.97. The number of alkyl halides is 3. The normalized spacial score (nSPS) is 29.2. The van der Waals surface area contributed by atoms with Crippen LogP contribution in [-0.4, -0.2) is 20.9 Å². The van der Waals surface area contributed by atoms with Gasteiger partial charge in [0.15, 0.2) is 5.82 Å². The second-order valence-electron chi connectivity index (χ2n) is 4.87. The minimum Gasteiger partial charge on any atom is -0.321 e. The van der Waals surface area contributed by atoms with Crippen LogP contribution >= 0.6 is 0 Å². The third kappa shape index (κ3) is 1.92. The minimum absolute atomic E-state index is 0.0910. The van der Waals surface area contributed by atoms with Gasteiger partial charge in [-0.2, -0.15) is 18.3 Å². The van der Waals surface area contributed by atoms with E-state index in [0.717, 1.165) is 12.8 Å². The van der Waals surface area contributed by atoms with Crippen molar-refractivity contribution in [3.8, 4) is 0 Å². The van der Waals surface area contributed by atoms with Crippen LogP contribution in [0.5, 0.6) is 0 Å². The zero-order valence-electron chi connectivity index (χ0n) is 9.11. The van der Waals surface area contributed by atoms with Crippen molar-refractivity contribution in [3.05, 3.63) is 11.6 Å².